The normalized spacial score (nSPS) is 19.0. The number of rotatable bonds is 4. The summed E-state index contributed by atoms with van der Waals surface area (Å²) in [6.45, 7) is 3.40. The molecule has 3 N–H and O–H groups in total. The molecule has 2 aromatic rings. The first kappa shape index (κ1) is 17.5. The Kier molecular flexibility index (Phi) is 4.81. The highest BCUT2D eigenvalue weighted by molar-refractivity contribution is 5.74. The topological polar surface area (TPSA) is 74.5 Å². The van der Waals surface area contributed by atoms with Crippen LogP contribution in [0.5, 0.6) is 0 Å². The van der Waals surface area contributed by atoms with Gasteiger partial charge in [-0.3, -0.25) is 0 Å². The molecule has 2 amide bonds. The summed E-state index contributed by atoms with van der Waals surface area (Å²) >= 11 is 0. The lowest BCUT2D eigenvalue weighted by Gasteiger charge is -2.27. The van der Waals surface area contributed by atoms with Gasteiger partial charge >= 0.3 is 6.03 Å². The number of hydrogen-bond acceptors (Lipinski definition) is 3. The molecule has 0 spiro atoms. The van der Waals surface area contributed by atoms with Crippen LogP contribution in [0.3, 0.4) is 0 Å². The molecule has 1 aliphatic rings. The minimum atomic E-state index is -1.29. The van der Waals surface area contributed by atoms with Crippen molar-refractivity contribution in [1.29, 1.82) is 0 Å². The summed E-state index contributed by atoms with van der Waals surface area (Å²) in [6.07, 6.45) is 2.52. The third kappa shape index (κ3) is 4.02. The van der Waals surface area contributed by atoms with Gasteiger partial charge in [-0.2, -0.15) is 0 Å². The number of carbonyl (C=O) groups is 1. The summed E-state index contributed by atoms with van der Waals surface area (Å²) < 4.78 is 18.8. The van der Waals surface area contributed by atoms with Crippen molar-refractivity contribution in [3.8, 4) is 0 Å². The van der Waals surface area contributed by atoms with Gasteiger partial charge in [-0.1, -0.05) is 6.07 Å². The van der Waals surface area contributed by atoms with Crippen molar-refractivity contribution in [3.05, 3.63) is 58.8 Å². The number of benzene rings is 1. The number of aliphatic hydroxyl groups is 1. The Labute approximate surface area is 146 Å². The molecule has 1 aromatic heterocycles. The van der Waals surface area contributed by atoms with Crippen molar-refractivity contribution >= 4 is 6.03 Å². The summed E-state index contributed by atoms with van der Waals surface area (Å²) in [5, 5.41) is 16.1. The Morgan fingerprint density at radius 3 is 2.92 bits per heavy atom. The lowest BCUT2D eigenvalue weighted by atomic mass is 9.87. The van der Waals surface area contributed by atoms with Crippen LogP contribution in [0.15, 0.2) is 34.7 Å². The van der Waals surface area contributed by atoms with Gasteiger partial charge in [0.2, 0.25) is 0 Å². The van der Waals surface area contributed by atoms with Gasteiger partial charge in [0.15, 0.2) is 0 Å². The van der Waals surface area contributed by atoms with E-state index in [0.717, 1.165) is 30.4 Å². The fraction of sp³-hybridized carbons (Fsp3) is 0.421. The average Bonchev–Trinajstić information content (AvgIpc) is 3.00. The number of aryl methyl sites for hydroxylation is 2. The molecule has 0 fully saturated rings. The monoisotopic (exact) mass is 346 g/mol. The summed E-state index contributed by atoms with van der Waals surface area (Å²) in [5.74, 6) is 0.850. The van der Waals surface area contributed by atoms with Crippen LogP contribution < -0.4 is 10.6 Å². The number of fused-ring (bicyclic) bond motifs is 1. The SMILES string of the molecule is Cc1ccc(C(C)(O)CNC(=O)NC2CCCc3cc(F)ccc32)o1. The number of halogens is 1. The first-order valence-electron chi connectivity index (χ1n) is 8.47. The van der Waals surface area contributed by atoms with Crippen LogP contribution in [0.2, 0.25) is 0 Å². The van der Waals surface area contributed by atoms with Gasteiger partial charge in [-0.05, 0) is 68.5 Å². The number of furan rings is 1. The van der Waals surface area contributed by atoms with Crippen molar-refractivity contribution in [2.24, 2.45) is 0 Å². The molecule has 3 rings (SSSR count). The molecular weight excluding hydrogens is 323 g/mol. The van der Waals surface area contributed by atoms with Crippen molar-refractivity contribution < 1.29 is 18.7 Å². The van der Waals surface area contributed by atoms with Gasteiger partial charge in [0.1, 0.15) is 22.9 Å². The van der Waals surface area contributed by atoms with Gasteiger partial charge in [0.05, 0.1) is 12.6 Å². The zero-order valence-electron chi connectivity index (χ0n) is 14.4. The van der Waals surface area contributed by atoms with Crippen LogP contribution in [0.25, 0.3) is 0 Å². The Morgan fingerprint density at radius 1 is 1.40 bits per heavy atom. The van der Waals surface area contributed by atoms with Gasteiger partial charge < -0.3 is 20.2 Å². The number of carbonyl (C=O) groups excluding carboxylic acids is 1. The van der Waals surface area contributed by atoms with E-state index in [4.69, 9.17) is 4.42 Å². The quantitative estimate of drug-likeness (QED) is 0.795. The summed E-state index contributed by atoms with van der Waals surface area (Å²) in [4.78, 5) is 12.2. The molecule has 0 saturated heterocycles. The largest absolute Gasteiger partial charge is 0.463 e. The van der Waals surface area contributed by atoms with Crippen LogP contribution in [0.1, 0.15) is 48.5 Å². The number of urea groups is 1. The van der Waals surface area contributed by atoms with Crippen molar-refractivity contribution in [3.63, 3.8) is 0 Å². The van der Waals surface area contributed by atoms with E-state index in [1.165, 1.54) is 12.1 Å². The molecule has 5 nitrogen and oxygen atoms in total. The van der Waals surface area contributed by atoms with Crippen molar-refractivity contribution in [1.82, 2.24) is 10.6 Å². The van der Waals surface area contributed by atoms with Crippen LogP contribution in [-0.2, 0) is 12.0 Å². The van der Waals surface area contributed by atoms with Crippen LogP contribution in [0.4, 0.5) is 9.18 Å². The first-order chi connectivity index (χ1) is 11.8. The molecule has 6 heteroatoms. The predicted octanol–water partition coefficient (Wildman–Crippen LogP) is 3.31. The number of nitrogens with one attached hydrogen (secondary N) is 2. The molecule has 2 unspecified atom stereocenters. The standard InChI is InChI=1S/C19H23FN2O3/c1-12-6-9-17(25-12)19(2,24)11-21-18(23)22-16-5-3-4-13-10-14(20)7-8-15(13)16/h6-10,16,24H,3-5,11H2,1-2H3,(H2,21,22,23). The van der Waals surface area contributed by atoms with Gasteiger partial charge in [-0.25, -0.2) is 9.18 Å². The smallest absolute Gasteiger partial charge is 0.315 e. The maximum atomic E-state index is 13.4. The molecule has 1 heterocycles. The summed E-state index contributed by atoms with van der Waals surface area (Å²) in [7, 11) is 0. The van der Waals surface area contributed by atoms with E-state index in [1.807, 2.05) is 0 Å². The van der Waals surface area contributed by atoms with Crippen molar-refractivity contribution in [2.75, 3.05) is 6.54 Å². The molecule has 1 aliphatic carbocycles. The Balaban J connectivity index is 1.60. The summed E-state index contributed by atoms with van der Waals surface area (Å²) in [5.41, 5.74) is 0.602. The average molecular weight is 346 g/mol. The van der Waals surface area contributed by atoms with E-state index in [1.54, 1.807) is 32.0 Å². The fourth-order valence-electron chi connectivity index (χ4n) is 3.21. The molecule has 0 radical (unpaired) electrons. The van der Waals surface area contributed by atoms with E-state index < -0.39 is 5.60 Å². The molecule has 134 valence electrons. The predicted molar refractivity (Wildman–Crippen MR) is 91.6 cm³/mol. The lowest BCUT2D eigenvalue weighted by Crippen LogP contribution is -2.44. The number of amides is 2. The van der Waals surface area contributed by atoms with Crippen LogP contribution in [-0.4, -0.2) is 17.7 Å². The van der Waals surface area contributed by atoms with E-state index in [-0.39, 0.29) is 24.4 Å². The number of hydrogen-bond donors (Lipinski definition) is 3. The van der Waals surface area contributed by atoms with Gasteiger partial charge in [0, 0.05) is 0 Å². The zero-order chi connectivity index (χ0) is 18.0. The maximum absolute atomic E-state index is 13.4. The van der Waals surface area contributed by atoms with E-state index >= 15 is 0 Å². The highest BCUT2D eigenvalue weighted by Gasteiger charge is 2.28. The Hall–Kier alpha value is -2.34. The second kappa shape index (κ2) is 6.88. The molecule has 25 heavy (non-hydrogen) atoms. The second-order valence-electron chi connectivity index (χ2n) is 6.80. The zero-order valence-corrected chi connectivity index (χ0v) is 14.4. The highest BCUT2D eigenvalue weighted by atomic mass is 19.1. The highest BCUT2D eigenvalue weighted by Crippen LogP contribution is 2.30. The molecule has 0 aliphatic heterocycles. The molecule has 0 saturated carbocycles. The molecule has 0 bridgehead atoms. The first-order valence-corrected chi connectivity index (χ1v) is 8.47. The summed E-state index contributed by atoms with van der Waals surface area (Å²) in [6, 6.07) is 7.62. The Morgan fingerprint density at radius 2 is 2.20 bits per heavy atom. The van der Waals surface area contributed by atoms with E-state index in [2.05, 4.69) is 10.6 Å². The van der Waals surface area contributed by atoms with Gasteiger partial charge in [-0.15, -0.1) is 0 Å². The minimum Gasteiger partial charge on any atom is -0.463 e. The fourth-order valence-corrected chi connectivity index (χ4v) is 3.21. The van der Waals surface area contributed by atoms with Crippen LogP contribution in [0, 0.1) is 12.7 Å². The van der Waals surface area contributed by atoms with Gasteiger partial charge in [0.25, 0.3) is 0 Å². The van der Waals surface area contributed by atoms with Crippen molar-refractivity contribution in [2.45, 2.75) is 44.8 Å². The Bertz CT molecular complexity index is 770. The van der Waals surface area contributed by atoms with E-state index in [9.17, 15) is 14.3 Å². The maximum Gasteiger partial charge on any atom is 0.315 e. The van der Waals surface area contributed by atoms with Crippen LogP contribution >= 0.6 is 0 Å². The minimum absolute atomic E-state index is 0.0226. The third-order valence-electron chi connectivity index (χ3n) is 4.59. The molecule has 1 aromatic carbocycles. The van der Waals surface area contributed by atoms with E-state index in [0.29, 0.717) is 11.5 Å². The second-order valence-corrected chi connectivity index (χ2v) is 6.80. The molecular formula is C19H23FN2O3. The lowest BCUT2D eigenvalue weighted by molar-refractivity contribution is 0.0358. The third-order valence-corrected chi connectivity index (χ3v) is 4.59. The molecule has 2 atom stereocenters.